The summed E-state index contributed by atoms with van der Waals surface area (Å²) in [5.41, 5.74) is 1.42. The number of hydrogen-bond donors (Lipinski definition) is 1. The molecule has 1 aromatic rings. The second-order valence-electron chi connectivity index (χ2n) is 5.49. The van der Waals surface area contributed by atoms with Gasteiger partial charge in [-0.15, -0.1) is 0 Å². The molecule has 1 aromatic carbocycles. The molecule has 1 aliphatic rings. The summed E-state index contributed by atoms with van der Waals surface area (Å²) in [4.78, 5) is 0. The van der Waals surface area contributed by atoms with Crippen molar-refractivity contribution in [2.45, 2.75) is 39.2 Å². The third-order valence-electron chi connectivity index (χ3n) is 3.77. The molecule has 1 fully saturated rings. The fourth-order valence-corrected chi connectivity index (χ4v) is 2.61. The first kappa shape index (κ1) is 12.9. The van der Waals surface area contributed by atoms with Crippen molar-refractivity contribution in [3.05, 3.63) is 34.9 Å². The lowest BCUT2D eigenvalue weighted by molar-refractivity contribution is 0.168. The molecule has 2 unspecified atom stereocenters. The maximum atomic E-state index is 5.90. The molecular formula is C15H22ClN. The zero-order valence-electron chi connectivity index (χ0n) is 10.7. The predicted octanol–water partition coefficient (Wildman–Crippen LogP) is 3.91. The van der Waals surface area contributed by atoms with Crippen molar-refractivity contribution >= 4 is 11.6 Å². The van der Waals surface area contributed by atoms with Crippen LogP contribution in [0.4, 0.5) is 0 Å². The summed E-state index contributed by atoms with van der Waals surface area (Å²) in [7, 11) is 0. The van der Waals surface area contributed by atoms with Gasteiger partial charge in [-0.05, 0) is 55.3 Å². The van der Waals surface area contributed by atoms with Crippen LogP contribution in [-0.4, -0.2) is 12.6 Å². The van der Waals surface area contributed by atoms with Crippen LogP contribution in [0.3, 0.4) is 0 Å². The van der Waals surface area contributed by atoms with E-state index in [9.17, 15) is 0 Å². The number of benzene rings is 1. The van der Waals surface area contributed by atoms with Crippen molar-refractivity contribution in [2.75, 3.05) is 6.54 Å². The monoisotopic (exact) mass is 251 g/mol. The number of nitrogens with one attached hydrogen (secondary N) is 1. The average Bonchev–Trinajstić information content (AvgIpc) is 2.26. The minimum atomic E-state index is 0.604. The maximum absolute atomic E-state index is 5.90. The fraction of sp³-hybridized carbons (Fsp3) is 0.600. The highest BCUT2D eigenvalue weighted by Gasteiger charge is 2.30. The van der Waals surface area contributed by atoms with Gasteiger partial charge in [0, 0.05) is 11.1 Å². The molecule has 1 nitrogen and oxygen atoms in total. The summed E-state index contributed by atoms with van der Waals surface area (Å²) in [6.45, 7) is 5.61. The molecule has 2 heteroatoms. The molecule has 0 aromatic heterocycles. The van der Waals surface area contributed by atoms with Gasteiger partial charge in [-0.25, -0.2) is 0 Å². The second-order valence-corrected chi connectivity index (χ2v) is 5.93. The minimum absolute atomic E-state index is 0.604. The number of halogens is 1. The number of rotatable bonds is 5. The molecule has 0 amide bonds. The van der Waals surface area contributed by atoms with E-state index in [4.69, 9.17) is 11.6 Å². The van der Waals surface area contributed by atoms with Gasteiger partial charge in [-0.3, -0.25) is 0 Å². The molecule has 1 N–H and O–H groups in total. The van der Waals surface area contributed by atoms with Crippen LogP contribution in [0.1, 0.15) is 32.3 Å². The van der Waals surface area contributed by atoms with Crippen LogP contribution in [0.25, 0.3) is 0 Å². The van der Waals surface area contributed by atoms with E-state index in [-0.39, 0.29) is 0 Å². The highest BCUT2D eigenvalue weighted by molar-refractivity contribution is 6.30. The highest BCUT2D eigenvalue weighted by atomic mass is 35.5. The quantitative estimate of drug-likeness (QED) is 0.837. The van der Waals surface area contributed by atoms with Crippen molar-refractivity contribution in [2.24, 2.45) is 11.8 Å². The Bertz CT molecular complexity index is 344. The molecule has 0 aliphatic heterocycles. The van der Waals surface area contributed by atoms with Crippen LogP contribution in [0.2, 0.25) is 5.02 Å². The Morgan fingerprint density at radius 3 is 2.35 bits per heavy atom. The largest absolute Gasteiger partial charge is 0.314 e. The SMILES string of the molecule is CC(C)NCC1CCC1Cc1ccc(Cl)cc1. The van der Waals surface area contributed by atoms with Gasteiger partial charge in [0.25, 0.3) is 0 Å². The smallest absolute Gasteiger partial charge is 0.0406 e. The number of hydrogen-bond acceptors (Lipinski definition) is 1. The normalized spacial score (nSPS) is 23.8. The minimum Gasteiger partial charge on any atom is -0.314 e. The Morgan fingerprint density at radius 2 is 1.82 bits per heavy atom. The molecule has 94 valence electrons. The summed E-state index contributed by atoms with van der Waals surface area (Å²) < 4.78 is 0. The first-order chi connectivity index (χ1) is 8.15. The highest BCUT2D eigenvalue weighted by Crippen LogP contribution is 2.36. The van der Waals surface area contributed by atoms with E-state index in [1.807, 2.05) is 12.1 Å². The Hall–Kier alpha value is -0.530. The van der Waals surface area contributed by atoms with Gasteiger partial charge < -0.3 is 5.32 Å². The summed E-state index contributed by atoms with van der Waals surface area (Å²) in [5, 5.41) is 4.38. The molecule has 1 aliphatic carbocycles. The summed E-state index contributed by atoms with van der Waals surface area (Å²) in [6.07, 6.45) is 3.98. The van der Waals surface area contributed by atoms with Crippen LogP contribution in [-0.2, 0) is 6.42 Å². The van der Waals surface area contributed by atoms with E-state index < -0.39 is 0 Å². The molecule has 2 atom stereocenters. The lowest BCUT2D eigenvalue weighted by Crippen LogP contribution is -2.38. The van der Waals surface area contributed by atoms with Crippen LogP contribution in [0.5, 0.6) is 0 Å². The first-order valence-electron chi connectivity index (χ1n) is 6.63. The van der Waals surface area contributed by atoms with E-state index in [1.54, 1.807) is 0 Å². The lowest BCUT2D eigenvalue weighted by atomic mass is 9.70. The molecule has 0 radical (unpaired) electrons. The summed E-state index contributed by atoms with van der Waals surface area (Å²) in [5.74, 6) is 1.73. The third-order valence-corrected chi connectivity index (χ3v) is 4.03. The van der Waals surface area contributed by atoms with Crippen molar-refractivity contribution in [1.82, 2.24) is 5.32 Å². The topological polar surface area (TPSA) is 12.0 Å². The van der Waals surface area contributed by atoms with Gasteiger partial charge in [0.05, 0.1) is 0 Å². The lowest BCUT2D eigenvalue weighted by Gasteiger charge is -2.37. The zero-order chi connectivity index (χ0) is 12.3. The predicted molar refractivity (Wildman–Crippen MR) is 74.5 cm³/mol. The molecule has 0 spiro atoms. The van der Waals surface area contributed by atoms with Gasteiger partial charge in [0.2, 0.25) is 0 Å². The third kappa shape index (κ3) is 3.72. The van der Waals surface area contributed by atoms with Gasteiger partial charge >= 0.3 is 0 Å². The van der Waals surface area contributed by atoms with Crippen molar-refractivity contribution in [3.63, 3.8) is 0 Å². The Kier molecular flexibility index (Phi) is 4.47. The van der Waals surface area contributed by atoms with E-state index in [0.717, 1.165) is 16.9 Å². The van der Waals surface area contributed by atoms with Crippen LogP contribution >= 0.6 is 11.6 Å². The van der Waals surface area contributed by atoms with Crippen molar-refractivity contribution in [3.8, 4) is 0 Å². The van der Waals surface area contributed by atoms with E-state index in [2.05, 4.69) is 31.3 Å². The molecule has 0 bridgehead atoms. The average molecular weight is 252 g/mol. The van der Waals surface area contributed by atoms with Crippen molar-refractivity contribution < 1.29 is 0 Å². The molecule has 0 saturated heterocycles. The molecular weight excluding hydrogens is 230 g/mol. The summed E-state index contributed by atoms with van der Waals surface area (Å²) >= 11 is 5.90. The van der Waals surface area contributed by atoms with E-state index in [0.29, 0.717) is 6.04 Å². The molecule has 0 heterocycles. The van der Waals surface area contributed by atoms with Crippen molar-refractivity contribution in [1.29, 1.82) is 0 Å². The molecule has 1 saturated carbocycles. The van der Waals surface area contributed by atoms with Crippen LogP contribution in [0.15, 0.2) is 24.3 Å². The van der Waals surface area contributed by atoms with E-state index >= 15 is 0 Å². The molecule has 2 rings (SSSR count). The van der Waals surface area contributed by atoms with Crippen LogP contribution in [0, 0.1) is 11.8 Å². The van der Waals surface area contributed by atoms with Gasteiger partial charge in [0.1, 0.15) is 0 Å². The molecule has 17 heavy (non-hydrogen) atoms. The van der Waals surface area contributed by atoms with Gasteiger partial charge in [-0.1, -0.05) is 37.6 Å². The second kappa shape index (κ2) is 5.88. The first-order valence-corrected chi connectivity index (χ1v) is 7.01. The zero-order valence-corrected chi connectivity index (χ0v) is 11.5. The van der Waals surface area contributed by atoms with Crippen LogP contribution < -0.4 is 5.32 Å². The Morgan fingerprint density at radius 1 is 1.18 bits per heavy atom. The van der Waals surface area contributed by atoms with E-state index in [1.165, 1.54) is 31.4 Å². The Balaban J connectivity index is 1.81. The summed E-state index contributed by atoms with van der Waals surface area (Å²) in [6, 6.07) is 8.92. The fourth-order valence-electron chi connectivity index (χ4n) is 2.49. The van der Waals surface area contributed by atoms with Gasteiger partial charge in [-0.2, -0.15) is 0 Å². The maximum Gasteiger partial charge on any atom is 0.0406 e. The standard InChI is InChI=1S/C15H22ClN/c1-11(2)17-10-14-6-5-13(14)9-12-3-7-15(16)8-4-12/h3-4,7-8,11,13-14,17H,5-6,9-10H2,1-2H3. The Labute approximate surface area is 110 Å². The van der Waals surface area contributed by atoms with Gasteiger partial charge in [0.15, 0.2) is 0 Å².